The van der Waals surface area contributed by atoms with E-state index < -0.39 is 0 Å². The average molecular weight is 234 g/mol. The summed E-state index contributed by atoms with van der Waals surface area (Å²) in [5, 5.41) is 3.20. The van der Waals surface area contributed by atoms with Gasteiger partial charge in [-0.25, -0.2) is 4.98 Å². The van der Waals surface area contributed by atoms with Gasteiger partial charge in [0.05, 0.1) is 17.8 Å². The van der Waals surface area contributed by atoms with Crippen molar-refractivity contribution >= 4 is 17.4 Å². The molecule has 0 unspecified atom stereocenters. The van der Waals surface area contributed by atoms with Crippen LogP contribution in [0.2, 0.25) is 0 Å². The normalized spacial score (nSPS) is 10.1. The molecule has 0 aliphatic heterocycles. The van der Waals surface area contributed by atoms with Gasteiger partial charge < -0.3 is 5.32 Å². The molecule has 0 radical (unpaired) electrons. The summed E-state index contributed by atoms with van der Waals surface area (Å²) in [5.41, 5.74) is 1.99. The van der Waals surface area contributed by atoms with Crippen LogP contribution in [0, 0.1) is 0 Å². The Balaban J connectivity index is 1.99. The molecule has 1 aromatic carbocycles. The number of hydrogen-bond donors (Lipinski definition) is 1. The number of hydrogen-bond acceptors (Lipinski definition) is 3. The molecular weight excluding hydrogens is 222 g/mol. The van der Waals surface area contributed by atoms with E-state index in [0.717, 1.165) is 18.1 Å². The van der Waals surface area contributed by atoms with Gasteiger partial charge in [-0.15, -0.1) is 11.6 Å². The van der Waals surface area contributed by atoms with E-state index in [-0.39, 0.29) is 0 Å². The molecule has 3 nitrogen and oxygen atoms in total. The summed E-state index contributed by atoms with van der Waals surface area (Å²) in [5.74, 6) is 1.13. The summed E-state index contributed by atoms with van der Waals surface area (Å²) in [6, 6.07) is 10.1. The van der Waals surface area contributed by atoms with E-state index in [2.05, 4.69) is 27.4 Å². The van der Waals surface area contributed by atoms with Crippen molar-refractivity contribution in [3.63, 3.8) is 0 Å². The molecule has 2 aromatic rings. The highest BCUT2D eigenvalue weighted by Crippen LogP contribution is 2.07. The summed E-state index contributed by atoms with van der Waals surface area (Å²) >= 11 is 5.69. The topological polar surface area (TPSA) is 37.8 Å². The van der Waals surface area contributed by atoms with Crippen molar-refractivity contribution in [1.82, 2.24) is 9.97 Å². The van der Waals surface area contributed by atoms with Crippen LogP contribution in [0.3, 0.4) is 0 Å². The molecule has 1 heterocycles. The summed E-state index contributed by atoms with van der Waals surface area (Å²) in [6.07, 6.45) is 3.36. The minimum absolute atomic E-state index is 0.383. The van der Waals surface area contributed by atoms with E-state index in [4.69, 9.17) is 11.6 Å². The van der Waals surface area contributed by atoms with Crippen LogP contribution in [0.15, 0.2) is 42.7 Å². The fourth-order valence-electron chi connectivity index (χ4n) is 1.34. The van der Waals surface area contributed by atoms with Gasteiger partial charge in [-0.1, -0.05) is 30.3 Å². The zero-order chi connectivity index (χ0) is 11.2. The first-order valence-corrected chi connectivity index (χ1v) is 5.56. The zero-order valence-corrected chi connectivity index (χ0v) is 9.48. The van der Waals surface area contributed by atoms with E-state index in [0.29, 0.717) is 5.88 Å². The van der Waals surface area contributed by atoms with Crippen LogP contribution in [0.25, 0.3) is 0 Å². The Morgan fingerprint density at radius 2 is 1.94 bits per heavy atom. The predicted octanol–water partition coefficient (Wildman–Crippen LogP) is 2.83. The van der Waals surface area contributed by atoms with Gasteiger partial charge in [0.15, 0.2) is 0 Å². The molecule has 82 valence electrons. The molecule has 2 rings (SSSR count). The van der Waals surface area contributed by atoms with Crippen LogP contribution in [-0.4, -0.2) is 9.97 Å². The SMILES string of the molecule is ClCc1cncc(NCc2ccccc2)n1. The standard InChI is InChI=1S/C12H12ClN3/c13-6-11-8-14-9-12(16-11)15-7-10-4-2-1-3-5-10/h1-5,8-9H,6-7H2,(H,15,16). The summed E-state index contributed by atoms with van der Waals surface area (Å²) in [6.45, 7) is 0.737. The lowest BCUT2D eigenvalue weighted by Gasteiger charge is -2.05. The molecule has 0 amide bonds. The zero-order valence-electron chi connectivity index (χ0n) is 8.73. The molecule has 0 atom stereocenters. The number of aromatic nitrogens is 2. The number of alkyl halides is 1. The second-order valence-corrected chi connectivity index (χ2v) is 3.64. The second-order valence-electron chi connectivity index (χ2n) is 3.37. The number of nitrogens with one attached hydrogen (secondary N) is 1. The minimum atomic E-state index is 0.383. The van der Waals surface area contributed by atoms with Crippen LogP contribution in [-0.2, 0) is 12.4 Å². The fourth-order valence-corrected chi connectivity index (χ4v) is 1.47. The molecular formula is C12H12ClN3. The van der Waals surface area contributed by atoms with E-state index in [1.165, 1.54) is 5.56 Å². The highest BCUT2D eigenvalue weighted by molar-refractivity contribution is 6.16. The van der Waals surface area contributed by atoms with Gasteiger partial charge in [-0.3, -0.25) is 4.98 Å². The molecule has 16 heavy (non-hydrogen) atoms. The molecule has 1 aromatic heterocycles. The molecule has 0 bridgehead atoms. The highest BCUT2D eigenvalue weighted by atomic mass is 35.5. The smallest absolute Gasteiger partial charge is 0.145 e. The Morgan fingerprint density at radius 3 is 2.69 bits per heavy atom. The second kappa shape index (κ2) is 5.47. The van der Waals surface area contributed by atoms with Crippen LogP contribution in [0.1, 0.15) is 11.3 Å². The minimum Gasteiger partial charge on any atom is -0.365 e. The number of anilines is 1. The van der Waals surface area contributed by atoms with Crippen LogP contribution < -0.4 is 5.32 Å². The first kappa shape index (κ1) is 10.9. The Hall–Kier alpha value is -1.61. The first-order chi connectivity index (χ1) is 7.88. The number of halogens is 1. The van der Waals surface area contributed by atoms with E-state index in [9.17, 15) is 0 Å². The molecule has 1 N–H and O–H groups in total. The van der Waals surface area contributed by atoms with Crippen molar-refractivity contribution in [1.29, 1.82) is 0 Å². The summed E-state index contributed by atoms with van der Waals surface area (Å²) in [7, 11) is 0. The maximum atomic E-state index is 5.69. The van der Waals surface area contributed by atoms with Crippen LogP contribution >= 0.6 is 11.6 Å². The molecule has 0 aliphatic rings. The molecule has 0 saturated carbocycles. The monoisotopic (exact) mass is 233 g/mol. The van der Waals surface area contributed by atoms with Gasteiger partial charge in [0.2, 0.25) is 0 Å². The van der Waals surface area contributed by atoms with Gasteiger partial charge >= 0.3 is 0 Å². The van der Waals surface area contributed by atoms with Gasteiger partial charge in [-0.05, 0) is 5.56 Å². The lowest BCUT2D eigenvalue weighted by atomic mass is 10.2. The number of benzene rings is 1. The Kier molecular flexibility index (Phi) is 3.72. The lowest BCUT2D eigenvalue weighted by Crippen LogP contribution is -2.02. The maximum absolute atomic E-state index is 5.69. The lowest BCUT2D eigenvalue weighted by molar-refractivity contribution is 1.04. The quantitative estimate of drug-likeness (QED) is 0.826. The van der Waals surface area contributed by atoms with E-state index in [1.807, 2.05) is 18.2 Å². The van der Waals surface area contributed by atoms with Gasteiger partial charge in [0, 0.05) is 12.7 Å². The highest BCUT2D eigenvalue weighted by Gasteiger charge is 1.97. The Morgan fingerprint density at radius 1 is 1.12 bits per heavy atom. The van der Waals surface area contributed by atoms with E-state index >= 15 is 0 Å². The number of rotatable bonds is 4. The van der Waals surface area contributed by atoms with Crippen LogP contribution in [0.4, 0.5) is 5.82 Å². The van der Waals surface area contributed by atoms with E-state index in [1.54, 1.807) is 12.4 Å². The molecule has 0 saturated heterocycles. The van der Waals surface area contributed by atoms with Crippen molar-refractivity contribution in [3.05, 3.63) is 54.0 Å². The summed E-state index contributed by atoms with van der Waals surface area (Å²) < 4.78 is 0. The molecule has 4 heteroatoms. The predicted molar refractivity (Wildman–Crippen MR) is 65.4 cm³/mol. The third-order valence-electron chi connectivity index (χ3n) is 2.14. The Labute approximate surface area is 99.5 Å². The molecule has 0 aliphatic carbocycles. The largest absolute Gasteiger partial charge is 0.365 e. The van der Waals surface area contributed by atoms with Crippen molar-refractivity contribution in [3.8, 4) is 0 Å². The first-order valence-electron chi connectivity index (χ1n) is 5.03. The van der Waals surface area contributed by atoms with Gasteiger partial charge in [0.1, 0.15) is 5.82 Å². The van der Waals surface area contributed by atoms with Crippen molar-refractivity contribution in [2.75, 3.05) is 5.32 Å². The average Bonchev–Trinajstić information content (AvgIpc) is 2.38. The Bertz CT molecular complexity index is 445. The summed E-state index contributed by atoms with van der Waals surface area (Å²) in [4.78, 5) is 8.36. The van der Waals surface area contributed by atoms with Gasteiger partial charge in [-0.2, -0.15) is 0 Å². The van der Waals surface area contributed by atoms with Crippen molar-refractivity contribution in [2.45, 2.75) is 12.4 Å². The molecule has 0 spiro atoms. The fraction of sp³-hybridized carbons (Fsp3) is 0.167. The third-order valence-corrected chi connectivity index (χ3v) is 2.41. The van der Waals surface area contributed by atoms with Gasteiger partial charge in [0.25, 0.3) is 0 Å². The van der Waals surface area contributed by atoms with Crippen LogP contribution in [0.5, 0.6) is 0 Å². The van der Waals surface area contributed by atoms with Crippen molar-refractivity contribution < 1.29 is 0 Å². The van der Waals surface area contributed by atoms with Crippen molar-refractivity contribution in [2.24, 2.45) is 0 Å². The molecule has 0 fully saturated rings. The maximum Gasteiger partial charge on any atom is 0.145 e. The number of nitrogens with zero attached hydrogens (tertiary/aromatic N) is 2. The third kappa shape index (κ3) is 2.94.